The number of benzene rings is 2. The first kappa shape index (κ1) is 27.8. The van der Waals surface area contributed by atoms with E-state index in [-0.39, 0.29) is 27.3 Å². The molecule has 1 aliphatic heterocycles. The van der Waals surface area contributed by atoms with Crippen molar-refractivity contribution >= 4 is 39.9 Å². The van der Waals surface area contributed by atoms with Crippen molar-refractivity contribution in [1.82, 2.24) is 4.98 Å². The summed E-state index contributed by atoms with van der Waals surface area (Å²) in [6.07, 6.45) is 1.63. The number of nitrogens with zero attached hydrogens (tertiary/aromatic N) is 2. The minimum Gasteiger partial charge on any atom is -0.507 e. The molecule has 2 heterocycles. The molecule has 39 heavy (non-hydrogen) atoms. The second-order valence-corrected chi connectivity index (χ2v) is 10.5. The number of aryl methyl sites for hydroxylation is 2. The summed E-state index contributed by atoms with van der Waals surface area (Å²) in [6, 6.07) is 11.6. The highest BCUT2D eigenvalue weighted by atomic mass is 32.1. The van der Waals surface area contributed by atoms with E-state index >= 15 is 0 Å². The highest BCUT2D eigenvalue weighted by Gasteiger charge is 2.48. The van der Waals surface area contributed by atoms with Gasteiger partial charge in [-0.2, -0.15) is 0 Å². The van der Waals surface area contributed by atoms with Gasteiger partial charge in [-0.1, -0.05) is 62.1 Å². The molecule has 0 saturated carbocycles. The van der Waals surface area contributed by atoms with Crippen LogP contribution in [-0.4, -0.2) is 41.5 Å². The number of hydrogen-bond donors (Lipinski definition) is 1. The van der Waals surface area contributed by atoms with Crippen LogP contribution in [0.3, 0.4) is 0 Å². The molecule has 9 heteroatoms. The zero-order chi connectivity index (χ0) is 28.4. The average molecular weight is 547 g/mol. The molecule has 1 saturated heterocycles. The molecule has 1 aromatic heterocycles. The Labute approximate surface area is 231 Å². The molecule has 1 unspecified atom stereocenters. The number of carbonyl (C=O) groups is 3. The quantitative estimate of drug-likeness (QED) is 0.124. The zero-order valence-corrected chi connectivity index (χ0v) is 23.3. The number of esters is 1. The lowest BCUT2D eigenvalue weighted by Crippen LogP contribution is -2.29. The molecule has 1 atom stereocenters. The lowest BCUT2D eigenvalue weighted by Gasteiger charge is -2.23. The predicted octanol–water partition coefficient (Wildman–Crippen LogP) is 5.86. The third-order valence-corrected chi connectivity index (χ3v) is 7.67. The van der Waals surface area contributed by atoms with Crippen molar-refractivity contribution in [3.05, 3.63) is 93.5 Å². The molecular formula is C30H30N2O6S. The normalized spacial score (nSPS) is 16.6. The Morgan fingerprint density at radius 2 is 1.87 bits per heavy atom. The monoisotopic (exact) mass is 546 g/mol. The van der Waals surface area contributed by atoms with Gasteiger partial charge >= 0.3 is 11.9 Å². The van der Waals surface area contributed by atoms with Crippen LogP contribution in [0.2, 0.25) is 0 Å². The number of carbonyl (C=O) groups excluding carboxylic acids is 3. The maximum atomic E-state index is 13.5. The van der Waals surface area contributed by atoms with Gasteiger partial charge in [-0.25, -0.2) is 9.78 Å². The van der Waals surface area contributed by atoms with Crippen molar-refractivity contribution in [2.75, 3.05) is 18.6 Å². The number of hydrogen-bond acceptors (Lipinski definition) is 8. The molecule has 2 aromatic carbocycles. The number of methoxy groups -OCH3 is 1. The number of aromatic nitrogens is 1. The van der Waals surface area contributed by atoms with Gasteiger partial charge in [0, 0.05) is 5.56 Å². The van der Waals surface area contributed by atoms with E-state index in [9.17, 15) is 19.5 Å². The van der Waals surface area contributed by atoms with Crippen molar-refractivity contribution < 1.29 is 29.0 Å². The van der Waals surface area contributed by atoms with Crippen LogP contribution in [-0.2, 0) is 14.3 Å². The Morgan fingerprint density at radius 1 is 1.18 bits per heavy atom. The molecule has 1 N–H and O–H groups in total. The first-order valence-corrected chi connectivity index (χ1v) is 13.2. The standard InChI is InChI=1S/C30H30N2O6S/c1-7-14-38-22-13-12-21(15-17(22)4)25(33)23-24(20-10-8-19(9-11-20)16(2)3)32(28(35)26(23)34)30-31-18(5)27(39-30)29(36)37-6/h7-13,15-16,24,33H,1,14H2,2-6H3/b25-23+. The molecule has 1 amide bonds. The number of rotatable bonds is 8. The number of thiazole rings is 1. The average Bonchev–Trinajstić information content (AvgIpc) is 3.43. The van der Waals surface area contributed by atoms with Crippen LogP contribution in [0.15, 0.2) is 60.7 Å². The van der Waals surface area contributed by atoms with Gasteiger partial charge < -0.3 is 14.6 Å². The second-order valence-electron chi connectivity index (χ2n) is 9.47. The van der Waals surface area contributed by atoms with Gasteiger partial charge in [0.15, 0.2) is 5.13 Å². The second kappa shape index (κ2) is 11.2. The maximum Gasteiger partial charge on any atom is 0.350 e. The molecule has 0 aliphatic carbocycles. The summed E-state index contributed by atoms with van der Waals surface area (Å²) in [4.78, 5) is 45.1. The summed E-state index contributed by atoms with van der Waals surface area (Å²) in [5, 5.41) is 11.6. The minimum atomic E-state index is -0.959. The molecule has 0 bridgehead atoms. The minimum absolute atomic E-state index is 0.0658. The number of Topliss-reactive ketones (excluding diaryl/α,β-unsaturated/α-hetero) is 1. The Kier molecular flexibility index (Phi) is 8.01. The Balaban J connectivity index is 1.89. The van der Waals surface area contributed by atoms with Crippen molar-refractivity contribution in [2.24, 2.45) is 0 Å². The van der Waals surface area contributed by atoms with E-state index in [1.165, 1.54) is 12.0 Å². The van der Waals surface area contributed by atoms with Gasteiger partial charge in [0.2, 0.25) is 0 Å². The van der Waals surface area contributed by atoms with Crippen LogP contribution in [0, 0.1) is 13.8 Å². The largest absolute Gasteiger partial charge is 0.507 e. The molecule has 4 rings (SSSR count). The van der Waals surface area contributed by atoms with Gasteiger partial charge in [-0.3, -0.25) is 14.5 Å². The van der Waals surface area contributed by atoms with Crippen LogP contribution in [0.5, 0.6) is 5.75 Å². The van der Waals surface area contributed by atoms with E-state index in [0.717, 1.165) is 22.5 Å². The summed E-state index contributed by atoms with van der Waals surface area (Å²) in [5.41, 5.74) is 3.12. The summed E-state index contributed by atoms with van der Waals surface area (Å²) < 4.78 is 10.5. The first-order valence-electron chi connectivity index (χ1n) is 12.4. The van der Waals surface area contributed by atoms with E-state index in [1.54, 1.807) is 31.2 Å². The highest BCUT2D eigenvalue weighted by Crippen LogP contribution is 2.44. The number of aliphatic hydroxyl groups excluding tert-OH is 1. The number of aliphatic hydroxyl groups is 1. The fraction of sp³-hybridized carbons (Fsp3) is 0.267. The van der Waals surface area contributed by atoms with Gasteiger partial charge in [0.1, 0.15) is 23.0 Å². The molecule has 0 radical (unpaired) electrons. The highest BCUT2D eigenvalue weighted by molar-refractivity contribution is 7.17. The SMILES string of the molecule is C=CCOc1ccc(/C(O)=C2\C(=O)C(=O)N(c3nc(C)c(C(=O)OC)s3)C2c2ccc(C(C)C)cc2)cc1C. The molecule has 8 nitrogen and oxygen atoms in total. The fourth-order valence-corrected chi connectivity index (χ4v) is 5.45. The van der Waals surface area contributed by atoms with Gasteiger partial charge in [-0.15, -0.1) is 0 Å². The lowest BCUT2D eigenvalue weighted by molar-refractivity contribution is -0.132. The molecule has 202 valence electrons. The van der Waals surface area contributed by atoms with Crippen LogP contribution in [0.1, 0.15) is 63.4 Å². The summed E-state index contributed by atoms with van der Waals surface area (Å²) in [6.45, 7) is 11.6. The molecule has 3 aromatic rings. The Hall–Kier alpha value is -4.24. The molecule has 1 fully saturated rings. The van der Waals surface area contributed by atoms with E-state index < -0.39 is 23.7 Å². The lowest BCUT2D eigenvalue weighted by atomic mass is 9.93. The van der Waals surface area contributed by atoms with Crippen LogP contribution in [0.25, 0.3) is 5.76 Å². The predicted molar refractivity (Wildman–Crippen MR) is 150 cm³/mol. The van der Waals surface area contributed by atoms with Gasteiger partial charge in [0.05, 0.1) is 24.4 Å². The molecular weight excluding hydrogens is 516 g/mol. The zero-order valence-electron chi connectivity index (χ0n) is 22.5. The van der Waals surface area contributed by atoms with E-state index in [4.69, 9.17) is 9.47 Å². The topological polar surface area (TPSA) is 106 Å². The molecule has 0 spiro atoms. The number of anilines is 1. The molecule has 1 aliphatic rings. The summed E-state index contributed by atoms with van der Waals surface area (Å²) in [7, 11) is 1.26. The fourth-order valence-electron chi connectivity index (χ4n) is 4.44. The van der Waals surface area contributed by atoms with Crippen molar-refractivity contribution in [1.29, 1.82) is 0 Å². The first-order chi connectivity index (χ1) is 18.6. The van der Waals surface area contributed by atoms with E-state index in [0.29, 0.717) is 29.2 Å². The van der Waals surface area contributed by atoms with Crippen molar-refractivity contribution in [2.45, 2.75) is 39.7 Å². The Morgan fingerprint density at radius 3 is 2.46 bits per heavy atom. The third kappa shape index (κ3) is 5.22. The van der Waals surface area contributed by atoms with Gasteiger partial charge in [-0.05, 0) is 54.7 Å². The van der Waals surface area contributed by atoms with Gasteiger partial charge in [0.25, 0.3) is 5.78 Å². The van der Waals surface area contributed by atoms with E-state index in [1.807, 2.05) is 31.2 Å². The van der Waals surface area contributed by atoms with Crippen molar-refractivity contribution in [3.63, 3.8) is 0 Å². The summed E-state index contributed by atoms with van der Waals surface area (Å²) >= 11 is 0.962. The van der Waals surface area contributed by atoms with Crippen LogP contribution in [0.4, 0.5) is 5.13 Å². The maximum absolute atomic E-state index is 13.5. The number of ether oxygens (including phenoxy) is 2. The summed E-state index contributed by atoms with van der Waals surface area (Å²) in [5.74, 6) is -1.70. The number of amides is 1. The van der Waals surface area contributed by atoms with Crippen LogP contribution < -0.4 is 9.64 Å². The smallest absolute Gasteiger partial charge is 0.350 e. The van der Waals surface area contributed by atoms with E-state index in [2.05, 4.69) is 25.4 Å². The van der Waals surface area contributed by atoms with Crippen LogP contribution >= 0.6 is 11.3 Å². The number of ketones is 1. The third-order valence-electron chi connectivity index (χ3n) is 6.53. The van der Waals surface area contributed by atoms with Crippen molar-refractivity contribution in [3.8, 4) is 5.75 Å². The Bertz CT molecular complexity index is 1490.